The number of nitrogens with two attached hydrogens (primary N) is 1. The van der Waals surface area contributed by atoms with E-state index in [0.717, 1.165) is 13.3 Å². The molecule has 0 heterocycles. The lowest BCUT2D eigenvalue weighted by Gasteiger charge is -2.19. The molecule has 15 heavy (non-hydrogen) atoms. The second-order valence-corrected chi connectivity index (χ2v) is 3.69. The van der Waals surface area contributed by atoms with Crippen LogP contribution in [0, 0.1) is 0 Å². The Morgan fingerprint density at radius 1 is 1.53 bits per heavy atom. The Balaban J connectivity index is 4.05. The summed E-state index contributed by atoms with van der Waals surface area (Å²) in [6, 6.07) is -0.653. The molecule has 0 aromatic heterocycles. The van der Waals surface area contributed by atoms with Gasteiger partial charge >= 0.3 is 5.97 Å². The van der Waals surface area contributed by atoms with Gasteiger partial charge in [0.1, 0.15) is 0 Å². The lowest BCUT2D eigenvalue weighted by molar-refractivity contribution is -0.156. The Morgan fingerprint density at radius 2 is 2.07 bits per heavy atom. The molecule has 0 aliphatic heterocycles. The van der Waals surface area contributed by atoms with Crippen molar-refractivity contribution in [2.24, 2.45) is 5.73 Å². The van der Waals surface area contributed by atoms with E-state index in [0.29, 0.717) is 6.42 Å². The number of carboxylic acids is 1. The standard InChI is InChI=1S/C9H18N2O4/c1-3-4-6(10)7(12)11-5-9(2,15)8(13)14/h6,15H,3-5,10H2,1-2H3,(H,11,12)(H,13,14)/t6-,9?/m0/s1. The summed E-state index contributed by atoms with van der Waals surface area (Å²) in [5.41, 5.74) is 3.54. The summed E-state index contributed by atoms with van der Waals surface area (Å²) >= 11 is 0. The molecule has 0 rings (SSSR count). The average molecular weight is 218 g/mol. The van der Waals surface area contributed by atoms with Crippen molar-refractivity contribution in [2.75, 3.05) is 6.54 Å². The van der Waals surface area contributed by atoms with Crippen LogP contribution >= 0.6 is 0 Å². The maximum absolute atomic E-state index is 11.3. The third-order valence-electron chi connectivity index (χ3n) is 2.00. The van der Waals surface area contributed by atoms with Gasteiger partial charge in [-0.2, -0.15) is 0 Å². The summed E-state index contributed by atoms with van der Waals surface area (Å²) in [7, 11) is 0. The van der Waals surface area contributed by atoms with E-state index in [-0.39, 0.29) is 6.54 Å². The van der Waals surface area contributed by atoms with Gasteiger partial charge in [-0.1, -0.05) is 13.3 Å². The van der Waals surface area contributed by atoms with Gasteiger partial charge in [-0.15, -0.1) is 0 Å². The first kappa shape index (κ1) is 13.9. The molecule has 88 valence electrons. The predicted octanol–water partition coefficient (Wildman–Crippen LogP) is -0.934. The summed E-state index contributed by atoms with van der Waals surface area (Å²) in [6.07, 6.45) is 1.30. The number of hydrogen-bond donors (Lipinski definition) is 4. The maximum Gasteiger partial charge on any atom is 0.337 e. The van der Waals surface area contributed by atoms with Gasteiger partial charge in [-0.25, -0.2) is 4.79 Å². The lowest BCUT2D eigenvalue weighted by atomic mass is 10.1. The van der Waals surface area contributed by atoms with Crippen LogP contribution in [0.3, 0.4) is 0 Å². The van der Waals surface area contributed by atoms with E-state index in [1.54, 1.807) is 0 Å². The molecule has 5 N–H and O–H groups in total. The van der Waals surface area contributed by atoms with Crippen molar-refractivity contribution < 1.29 is 19.8 Å². The minimum Gasteiger partial charge on any atom is -0.479 e. The first-order valence-electron chi connectivity index (χ1n) is 4.80. The molecule has 2 atom stereocenters. The topological polar surface area (TPSA) is 113 Å². The summed E-state index contributed by atoms with van der Waals surface area (Å²) in [4.78, 5) is 21.8. The van der Waals surface area contributed by atoms with Crippen LogP contribution in [0.1, 0.15) is 26.7 Å². The molecular formula is C9H18N2O4. The molecule has 0 aliphatic carbocycles. The molecule has 6 nitrogen and oxygen atoms in total. The SMILES string of the molecule is CCC[C@H](N)C(=O)NCC(C)(O)C(=O)O. The molecule has 0 fully saturated rings. The van der Waals surface area contributed by atoms with Gasteiger partial charge in [0, 0.05) is 0 Å². The highest BCUT2D eigenvalue weighted by atomic mass is 16.4. The predicted molar refractivity (Wildman–Crippen MR) is 54.2 cm³/mol. The maximum atomic E-state index is 11.3. The zero-order valence-electron chi connectivity index (χ0n) is 8.99. The van der Waals surface area contributed by atoms with Crippen LogP contribution < -0.4 is 11.1 Å². The fourth-order valence-corrected chi connectivity index (χ4v) is 0.908. The molecule has 6 heteroatoms. The molecular weight excluding hydrogens is 200 g/mol. The van der Waals surface area contributed by atoms with Crippen LogP contribution in [0.5, 0.6) is 0 Å². The van der Waals surface area contributed by atoms with Crippen LogP contribution in [-0.4, -0.2) is 40.3 Å². The largest absolute Gasteiger partial charge is 0.479 e. The van der Waals surface area contributed by atoms with E-state index in [1.807, 2.05) is 6.92 Å². The second-order valence-electron chi connectivity index (χ2n) is 3.69. The normalized spacial score (nSPS) is 16.5. The minimum absolute atomic E-state index is 0.349. The molecule has 0 saturated heterocycles. The van der Waals surface area contributed by atoms with Crippen molar-refractivity contribution in [2.45, 2.75) is 38.3 Å². The molecule has 0 aromatic carbocycles. The highest BCUT2D eigenvalue weighted by Crippen LogP contribution is 2.01. The third kappa shape index (κ3) is 4.75. The van der Waals surface area contributed by atoms with E-state index in [4.69, 9.17) is 10.8 Å². The number of carbonyl (C=O) groups excluding carboxylic acids is 1. The van der Waals surface area contributed by atoms with Crippen molar-refractivity contribution in [3.8, 4) is 0 Å². The Hall–Kier alpha value is -1.14. The van der Waals surface area contributed by atoms with Crippen LogP contribution in [0.4, 0.5) is 0 Å². The van der Waals surface area contributed by atoms with Crippen molar-refractivity contribution in [1.82, 2.24) is 5.32 Å². The van der Waals surface area contributed by atoms with E-state index in [1.165, 1.54) is 0 Å². The van der Waals surface area contributed by atoms with Gasteiger partial charge in [0.15, 0.2) is 5.60 Å². The fourth-order valence-electron chi connectivity index (χ4n) is 0.908. The van der Waals surface area contributed by atoms with Crippen LogP contribution in [0.25, 0.3) is 0 Å². The zero-order chi connectivity index (χ0) is 12.1. The van der Waals surface area contributed by atoms with Gasteiger partial charge in [-0.05, 0) is 13.3 Å². The molecule has 0 spiro atoms. The Bertz CT molecular complexity index is 240. The summed E-state index contributed by atoms with van der Waals surface area (Å²) < 4.78 is 0. The molecule has 0 saturated carbocycles. The molecule has 0 aliphatic rings. The average Bonchev–Trinajstić information content (AvgIpc) is 2.14. The van der Waals surface area contributed by atoms with Gasteiger partial charge in [-0.3, -0.25) is 4.79 Å². The highest BCUT2D eigenvalue weighted by molar-refractivity contribution is 5.83. The van der Waals surface area contributed by atoms with Crippen LogP contribution in [0.15, 0.2) is 0 Å². The van der Waals surface area contributed by atoms with Crippen molar-refractivity contribution in [3.05, 3.63) is 0 Å². The highest BCUT2D eigenvalue weighted by Gasteiger charge is 2.30. The Kier molecular flexibility index (Phi) is 5.24. The van der Waals surface area contributed by atoms with Gasteiger partial charge < -0.3 is 21.3 Å². The van der Waals surface area contributed by atoms with E-state index < -0.39 is 23.5 Å². The second kappa shape index (κ2) is 5.67. The Labute approximate surface area is 88.5 Å². The smallest absolute Gasteiger partial charge is 0.337 e. The summed E-state index contributed by atoms with van der Waals surface area (Å²) in [5, 5.41) is 20.2. The fraction of sp³-hybridized carbons (Fsp3) is 0.778. The quantitative estimate of drug-likeness (QED) is 0.460. The Morgan fingerprint density at radius 3 is 2.47 bits per heavy atom. The number of aliphatic carboxylic acids is 1. The number of nitrogens with one attached hydrogen (secondary N) is 1. The van der Waals surface area contributed by atoms with Crippen molar-refractivity contribution in [3.63, 3.8) is 0 Å². The molecule has 0 aromatic rings. The van der Waals surface area contributed by atoms with E-state index in [9.17, 15) is 14.7 Å². The molecule has 0 radical (unpaired) electrons. The van der Waals surface area contributed by atoms with Gasteiger partial charge in [0.25, 0.3) is 0 Å². The minimum atomic E-state index is -1.96. The first-order chi connectivity index (χ1) is 6.81. The monoisotopic (exact) mass is 218 g/mol. The number of rotatable bonds is 6. The van der Waals surface area contributed by atoms with Crippen LogP contribution in [-0.2, 0) is 9.59 Å². The first-order valence-corrected chi connectivity index (χ1v) is 4.80. The summed E-state index contributed by atoms with van der Waals surface area (Å²) in [6.45, 7) is 2.65. The molecule has 1 amide bonds. The number of carbonyl (C=O) groups is 2. The summed E-state index contributed by atoms with van der Waals surface area (Å²) in [5.74, 6) is -1.83. The number of aliphatic hydroxyl groups is 1. The zero-order valence-corrected chi connectivity index (χ0v) is 8.99. The molecule has 1 unspecified atom stereocenters. The number of hydrogen-bond acceptors (Lipinski definition) is 4. The van der Waals surface area contributed by atoms with Gasteiger partial charge in [0.2, 0.25) is 5.91 Å². The third-order valence-corrected chi connectivity index (χ3v) is 2.00. The van der Waals surface area contributed by atoms with Gasteiger partial charge in [0.05, 0.1) is 12.6 Å². The van der Waals surface area contributed by atoms with Crippen molar-refractivity contribution in [1.29, 1.82) is 0 Å². The van der Waals surface area contributed by atoms with Crippen LogP contribution in [0.2, 0.25) is 0 Å². The number of amides is 1. The lowest BCUT2D eigenvalue weighted by Crippen LogP contribution is -2.50. The number of carboxylic acid groups (broad SMARTS) is 1. The van der Waals surface area contributed by atoms with Crippen molar-refractivity contribution >= 4 is 11.9 Å². The van der Waals surface area contributed by atoms with E-state index >= 15 is 0 Å². The van der Waals surface area contributed by atoms with E-state index in [2.05, 4.69) is 5.32 Å². The molecule has 0 bridgehead atoms.